The minimum atomic E-state index is -0.430. The second-order valence-electron chi connectivity index (χ2n) is 7.54. The average Bonchev–Trinajstić information content (AvgIpc) is 2.75. The van der Waals surface area contributed by atoms with E-state index < -0.39 is 11.7 Å². The van der Waals surface area contributed by atoms with Crippen molar-refractivity contribution in [1.82, 2.24) is 19.9 Å². The van der Waals surface area contributed by atoms with Crippen LogP contribution in [0.2, 0.25) is 0 Å². The molecule has 2 heterocycles. The molecular formula is C22H26FN7O. The molecule has 0 radical (unpaired) electrons. The second kappa shape index (κ2) is 9.46. The molecule has 0 fully saturated rings. The van der Waals surface area contributed by atoms with E-state index in [1.165, 1.54) is 23.9 Å². The summed E-state index contributed by atoms with van der Waals surface area (Å²) in [6.45, 7) is 9.03. The molecule has 0 aliphatic carbocycles. The van der Waals surface area contributed by atoms with E-state index in [-0.39, 0.29) is 5.56 Å². The molecule has 162 valence electrons. The zero-order valence-electron chi connectivity index (χ0n) is 18.2. The Morgan fingerprint density at radius 1 is 1.26 bits per heavy atom. The first-order valence-corrected chi connectivity index (χ1v) is 9.86. The summed E-state index contributed by atoms with van der Waals surface area (Å²) in [5.74, 6) is 0.0272. The van der Waals surface area contributed by atoms with Gasteiger partial charge in [0.1, 0.15) is 11.6 Å². The van der Waals surface area contributed by atoms with E-state index in [2.05, 4.69) is 39.1 Å². The Kier molecular flexibility index (Phi) is 6.74. The van der Waals surface area contributed by atoms with Crippen molar-refractivity contribution in [3.05, 3.63) is 71.2 Å². The van der Waals surface area contributed by atoms with Crippen LogP contribution >= 0.6 is 0 Å². The molecule has 0 unspecified atom stereocenters. The highest BCUT2D eigenvalue weighted by atomic mass is 19.1. The van der Waals surface area contributed by atoms with Gasteiger partial charge in [0.15, 0.2) is 5.82 Å². The Morgan fingerprint density at radius 3 is 2.71 bits per heavy atom. The largest absolute Gasteiger partial charge is 0.351 e. The standard InChI is InChI=1S/C22H26FN7O/c1-14-9-10-30(16(3)27-28-29(4)5)13-18(14)20-11-25-21(12-24-20)26-22(31)17-7-6-8-19(23)15(17)2/h6-8,11-12H,3,9-10,13H2,1-2,4-5H3,(H,25,26,31). The number of carbonyl (C=O) groups excluding carboxylic acids is 1. The molecule has 0 atom stereocenters. The SMILES string of the molecule is C=C(N=NN(C)C)N1CCC(C)=C(c2cnc(NC(=O)c3cccc(F)c3C)cn2)C1. The highest BCUT2D eigenvalue weighted by molar-refractivity contribution is 6.04. The summed E-state index contributed by atoms with van der Waals surface area (Å²) in [6.07, 6.45) is 3.98. The van der Waals surface area contributed by atoms with Gasteiger partial charge in [-0.1, -0.05) is 23.4 Å². The van der Waals surface area contributed by atoms with E-state index in [0.29, 0.717) is 23.7 Å². The van der Waals surface area contributed by atoms with Gasteiger partial charge in [-0.05, 0) is 43.5 Å². The molecule has 31 heavy (non-hydrogen) atoms. The number of hydrogen-bond acceptors (Lipinski definition) is 6. The first kappa shape index (κ1) is 22.1. The summed E-state index contributed by atoms with van der Waals surface area (Å²) in [5.41, 5.74) is 3.53. The maximum Gasteiger partial charge on any atom is 0.257 e. The topological polar surface area (TPSA) is 86.1 Å². The number of nitrogens with zero attached hydrogens (tertiary/aromatic N) is 6. The van der Waals surface area contributed by atoms with E-state index in [1.54, 1.807) is 38.3 Å². The van der Waals surface area contributed by atoms with Gasteiger partial charge in [-0.3, -0.25) is 14.8 Å². The summed E-state index contributed by atoms with van der Waals surface area (Å²) in [7, 11) is 3.60. The molecule has 1 amide bonds. The van der Waals surface area contributed by atoms with Gasteiger partial charge in [-0.2, -0.15) is 0 Å². The van der Waals surface area contributed by atoms with Gasteiger partial charge in [0, 0.05) is 32.7 Å². The van der Waals surface area contributed by atoms with Crippen LogP contribution in [0.15, 0.2) is 58.9 Å². The zero-order chi connectivity index (χ0) is 22.5. The molecule has 0 spiro atoms. The third-order valence-corrected chi connectivity index (χ3v) is 5.04. The Labute approximate surface area is 181 Å². The lowest BCUT2D eigenvalue weighted by molar-refractivity contribution is 0.102. The highest BCUT2D eigenvalue weighted by Gasteiger charge is 2.20. The van der Waals surface area contributed by atoms with Crippen molar-refractivity contribution in [1.29, 1.82) is 0 Å². The number of hydrogen-bond donors (Lipinski definition) is 1. The number of aromatic nitrogens is 2. The number of rotatable bonds is 6. The Hall–Kier alpha value is -3.62. The van der Waals surface area contributed by atoms with E-state index in [1.807, 2.05) is 4.90 Å². The number of amides is 1. The van der Waals surface area contributed by atoms with Crippen molar-refractivity contribution in [2.75, 3.05) is 32.5 Å². The van der Waals surface area contributed by atoms with Crippen molar-refractivity contribution in [3.8, 4) is 0 Å². The van der Waals surface area contributed by atoms with Gasteiger partial charge in [-0.15, -0.1) is 5.11 Å². The van der Waals surface area contributed by atoms with Crippen LogP contribution in [0.4, 0.5) is 10.2 Å². The van der Waals surface area contributed by atoms with Crippen LogP contribution in [-0.4, -0.2) is 53.0 Å². The lowest BCUT2D eigenvalue weighted by Crippen LogP contribution is -2.29. The average molecular weight is 423 g/mol. The minimum absolute atomic E-state index is 0.262. The van der Waals surface area contributed by atoms with Crippen molar-refractivity contribution in [3.63, 3.8) is 0 Å². The van der Waals surface area contributed by atoms with Crippen LogP contribution in [-0.2, 0) is 0 Å². The number of anilines is 1. The molecule has 1 aliphatic rings. The predicted molar refractivity (Wildman–Crippen MR) is 118 cm³/mol. The maximum absolute atomic E-state index is 13.7. The first-order chi connectivity index (χ1) is 14.8. The van der Waals surface area contributed by atoms with Crippen LogP contribution in [0.3, 0.4) is 0 Å². The lowest BCUT2D eigenvalue weighted by Gasteiger charge is -2.30. The van der Waals surface area contributed by atoms with E-state index in [0.717, 1.165) is 24.2 Å². The van der Waals surface area contributed by atoms with Gasteiger partial charge in [0.2, 0.25) is 0 Å². The molecule has 1 aromatic heterocycles. The molecule has 9 heteroatoms. The summed E-state index contributed by atoms with van der Waals surface area (Å²) >= 11 is 0. The molecule has 2 aromatic rings. The van der Waals surface area contributed by atoms with Crippen LogP contribution < -0.4 is 5.32 Å². The monoisotopic (exact) mass is 423 g/mol. The Morgan fingerprint density at radius 2 is 2.03 bits per heavy atom. The lowest BCUT2D eigenvalue weighted by atomic mass is 9.99. The zero-order valence-corrected chi connectivity index (χ0v) is 18.2. The van der Waals surface area contributed by atoms with E-state index >= 15 is 0 Å². The quantitative estimate of drug-likeness (QED) is 0.559. The maximum atomic E-state index is 13.7. The van der Waals surface area contributed by atoms with E-state index in [4.69, 9.17) is 0 Å². The van der Waals surface area contributed by atoms with E-state index in [9.17, 15) is 9.18 Å². The predicted octanol–water partition coefficient (Wildman–Crippen LogP) is 4.06. The van der Waals surface area contributed by atoms with Gasteiger partial charge < -0.3 is 10.2 Å². The third-order valence-electron chi connectivity index (χ3n) is 5.04. The molecule has 3 rings (SSSR count). The fourth-order valence-electron chi connectivity index (χ4n) is 3.17. The first-order valence-electron chi connectivity index (χ1n) is 9.86. The van der Waals surface area contributed by atoms with Crippen molar-refractivity contribution >= 4 is 17.3 Å². The fraction of sp³-hybridized carbons (Fsp3) is 0.318. The Bertz CT molecular complexity index is 1040. The Balaban J connectivity index is 1.72. The smallest absolute Gasteiger partial charge is 0.257 e. The third kappa shape index (κ3) is 5.30. The molecule has 0 saturated carbocycles. The fourth-order valence-corrected chi connectivity index (χ4v) is 3.17. The highest BCUT2D eigenvalue weighted by Crippen LogP contribution is 2.27. The van der Waals surface area contributed by atoms with Crippen molar-refractivity contribution in [2.45, 2.75) is 20.3 Å². The summed E-state index contributed by atoms with van der Waals surface area (Å²) < 4.78 is 13.7. The molecular weight excluding hydrogens is 397 g/mol. The van der Waals surface area contributed by atoms with Crippen molar-refractivity contribution in [2.24, 2.45) is 10.3 Å². The van der Waals surface area contributed by atoms with Crippen LogP contribution in [0, 0.1) is 12.7 Å². The van der Waals surface area contributed by atoms with Crippen molar-refractivity contribution < 1.29 is 9.18 Å². The number of halogens is 1. The summed E-state index contributed by atoms with van der Waals surface area (Å²) in [4.78, 5) is 23.3. The molecule has 1 aromatic carbocycles. The normalized spacial score (nSPS) is 14.2. The molecule has 0 bridgehead atoms. The van der Waals surface area contributed by atoms with Gasteiger partial charge in [-0.25, -0.2) is 9.37 Å². The van der Waals surface area contributed by atoms with Crippen LogP contribution in [0.5, 0.6) is 0 Å². The molecule has 0 saturated heterocycles. The summed E-state index contributed by atoms with van der Waals surface area (Å²) in [6, 6.07) is 4.39. The minimum Gasteiger partial charge on any atom is -0.351 e. The number of nitrogens with one attached hydrogen (secondary N) is 1. The molecule has 1 aliphatic heterocycles. The van der Waals surface area contributed by atoms with Gasteiger partial charge in [0.25, 0.3) is 5.91 Å². The van der Waals surface area contributed by atoms with Crippen LogP contribution in [0.25, 0.3) is 5.57 Å². The molecule has 1 N–H and O–H groups in total. The van der Waals surface area contributed by atoms with Gasteiger partial charge in [0.05, 0.1) is 18.1 Å². The van der Waals surface area contributed by atoms with Gasteiger partial charge >= 0.3 is 0 Å². The number of benzene rings is 1. The molecule has 8 nitrogen and oxygen atoms in total. The van der Waals surface area contributed by atoms with Crippen LogP contribution in [0.1, 0.15) is 35.0 Å². The number of carbonyl (C=O) groups is 1. The summed E-state index contributed by atoms with van der Waals surface area (Å²) in [5, 5.41) is 12.4. The second-order valence-corrected chi connectivity index (χ2v) is 7.54.